The maximum absolute atomic E-state index is 12.1. The predicted molar refractivity (Wildman–Crippen MR) is 621 cm³/mol. The number of aryl methyl sites for hydroxylation is 3. The highest BCUT2D eigenvalue weighted by atomic mass is 16.6. The SMILES string of the molecule is C.C.C.C.C.C.C.C.C.CC(C)(C)OC(=O)NCc1cccc(C(C)(C)C)c1.CC(C)(C)c1cccc(C(=O)OCc2ccccc2)c1.CC(C)(C)c1cccc(C=O)c1.CC(C)C(C)(C)C.CCCC(C)c1ccccc1C(C)(C)C.CCCCCCCCc1ccc(C(C)(C)C)cc1.CCCCc1ccc(C(C)(C)C)cc1.CCOc1ccccc1C(C)(C)C.C[n+]1ccc(C(C)(C)C)cc1. The number of rotatable bonds is 21. The van der Waals surface area contributed by atoms with Crippen LogP contribution in [0.2, 0.25) is 0 Å². The second kappa shape index (κ2) is 70.7. The normalized spacial score (nSPS) is 11.2. The van der Waals surface area contributed by atoms with Gasteiger partial charge in [0.25, 0.3) is 0 Å². The van der Waals surface area contributed by atoms with E-state index in [4.69, 9.17) is 14.2 Å². The van der Waals surface area contributed by atoms with Crippen LogP contribution in [-0.2, 0) is 85.8 Å². The van der Waals surface area contributed by atoms with E-state index >= 15 is 0 Å². The average Bonchev–Trinajstić information content (AvgIpc) is 0.817. The van der Waals surface area contributed by atoms with E-state index in [9.17, 15) is 14.4 Å². The molecule has 0 fully saturated rings. The molecular weight excluding hydrogens is 1690 g/mol. The molecule has 8 aromatic carbocycles. The number of hydrogen-bond acceptors (Lipinski definition) is 6. The minimum absolute atomic E-state index is 0. The van der Waals surface area contributed by atoms with Crippen LogP contribution in [0.4, 0.5) is 4.79 Å². The molecule has 0 spiro atoms. The summed E-state index contributed by atoms with van der Waals surface area (Å²) in [6, 6.07) is 73.1. The summed E-state index contributed by atoms with van der Waals surface area (Å²) in [5, 5.41) is 2.77. The van der Waals surface area contributed by atoms with Gasteiger partial charge >= 0.3 is 12.1 Å². The van der Waals surface area contributed by atoms with Gasteiger partial charge in [-0.2, -0.15) is 0 Å². The third kappa shape index (κ3) is 63.7. The molecule has 1 unspecified atom stereocenters. The van der Waals surface area contributed by atoms with Crippen LogP contribution in [0, 0.1) is 11.3 Å². The van der Waals surface area contributed by atoms with Crippen LogP contribution in [0.1, 0.15) is 486 Å². The van der Waals surface area contributed by atoms with Crippen LogP contribution < -0.4 is 14.6 Å². The van der Waals surface area contributed by atoms with Crippen LogP contribution in [-0.4, -0.2) is 30.6 Å². The van der Waals surface area contributed by atoms with Gasteiger partial charge in [0.1, 0.15) is 31.3 Å². The van der Waals surface area contributed by atoms with Crippen LogP contribution >= 0.6 is 0 Å². The third-order valence-corrected chi connectivity index (χ3v) is 22.6. The summed E-state index contributed by atoms with van der Waals surface area (Å²) < 4.78 is 18.2. The van der Waals surface area contributed by atoms with E-state index in [1.165, 1.54) is 133 Å². The molecule has 0 saturated heterocycles. The van der Waals surface area contributed by atoms with Gasteiger partial charge in [-0.25, -0.2) is 14.2 Å². The van der Waals surface area contributed by atoms with E-state index in [1.54, 1.807) is 6.07 Å². The van der Waals surface area contributed by atoms with E-state index < -0.39 is 5.60 Å². The van der Waals surface area contributed by atoms with Gasteiger partial charge in [-0.1, -0.05) is 516 Å². The van der Waals surface area contributed by atoms with Gasteiger partial charge in [-0.15, -0.1) is 0 Å². The Morgan fingerprint density at radius 3 is 1.15 bits per heavy atom. The third-order valence-electron chi connectivity index (χ3n) is 22.6. The highest BCUT2D eigenvalue weighted by molar-refractivity contribution is 5.89. The van der Waals surface area contributed by atoms with Gasteiger partial charge in [0.2, 0.25) is 0 Å². The maximum atomic E-state index is 12.1. The molecule has 1 aromatic heterocycles. The molecule has 138 heavy (non-hydrogen) atoms. The van der Waals surface area contributed by atoms with E-state index in [-0.39, 0.29) is 122 Å². The molecule has 1 heterocycles. The van der Waals surface area contributed by atoms with E-state index in [1.807, 2.05) is 132 Å². The number of para-hydroxylation sites is 1. The van der Waals surface area contributed by atoms with Gasteiger partial charge in [-0.3, -0.25) is 4.79 Å². The molecule has 1 amide bonds. The zero-order valence-electron chi connectivity index (χ0n) is 89.1. The number of aldehydes is 1. The smallest absolute Gasteiger partial charge is 0.407 e. The molecule has 9 rings (SSSR count). The molecule has 0 aliphatic rings. The molecule has 1 N–H and O–H groups in total. The molecule has 786 valence electrons. The second-order valence-electron chi connectivity index (χ2n) is 45.4. The highest BCUT2D eigenvalue weighted by Crippen LogP contribution is 2.35. The highest BCUT2D eigenvalue weighted by Gasteiger charge is 2.24. The van der Waals surface area contributed by atoms with Crippen molar-refractivity contribution in [1.82, 2.24) is 5.32 Å². The quantitative estimate of drug-likeness (QED) is 0.0333. The van der Waals surface area contributed by atoms with Gasteiger partial charge in [0.15, 0.2) is 12.4 Å². The molecule has 9 aromatic rings. The number of ether oxygens (including phenoxy) is 3. The number of carbonyl (C=O) groups is 3. The molecule has 0 radical (unpaired) electrons. The topological polar surface area (TPSA) is 94.8 Å². The molecule has 0 saturated carbocycles. The Labute approximate surface area is 858 Å². The first-order valence-electron chi connectivity index (χ1n) is 48.5. The number of benzene rings is 8. The standard InChI is InChI=1S/C18H20O2.C18H30.C16H25NO2.C15H24.C14H22.C12H18O.C11H14O.C10H16N.C7H16.9CH4/c1-18(2,3)16-11-7-10-15(12-16)17(19)20-13-14-8-5-4-6-9-14;1-5-6-7-8-9-10-11-16-12-14-17(15-13-16)18(2,3)4;1-15(2,3)13-9-7-8-12(10-13)11-17-14(18)19-16(4,5)6;1-6-9-12(2)13-10-7-8-11-14(13)15(3,4)5;1-5-6-7-12-8-10-13(11-9-12)14(2,3)4;1-5-13-11-9-7-6-8-10(11)12(2,3)4;1-11(2,3)10-6-4-5-9(7-10)8-12;1-10(2,3)9-5-7-11(4)8-6-9;1-6(2)7(3,4)5;;;;;;;;;/h4-12H,13H2,1-3H3;12-15H,5-11H2,1-4H3;7-10H,11H2,1-6H3,(H,17,18);7-8,10-12H,6,9H2,1-5H3;8-11H,5-7H2,1-4H3;6-9H,5H2,1-4H3;4-8H,1-3H3;5-8H,1-4H3;6H,1-5H3;9*1H4/q;;;;;;;+1;;;;;;;;;;. The fraction of sp³-hybridized carbons (Fsp3) is 0.569. The van der Waals surface area contributed by atoms with Crippen LogP contribution in [0.25, 0.3) is 0 Å². The van der Waals surface area contributed by atoms with Crippen LogP contribution in [0.15, 0.2) is 225 Å². The van der Waals surface area contributed by atoms with Crippen molar-refractivity contribution in [3.05, 3.63) is 308 Å². The number of hydrogen-bond donors (Lipinski definition) is 1. The zero-order valence-corrected chi connectivity index (χ0v) is 89.1. The summed E-state index contributed by atoms with van der Waals surface area (Å²) in [5.41, 5.74) is 20.1. The monoisotopic (exact) mass is 1910 g/mol. The van der Waals surface area contributed by atoms with Gasteiger partial charge < -0.3 is 19.5 Å². The molecular formula is C130H221N2O6+. The number of unbranched alkanes of at least 4 members (excludes halogenated alkanes) is 6. The van der Waals surface area contributed by atoms with Gasteiger partial charge in [0, 0.05) is 24.2 Å². The Morgan fingerprint density at radius 2 is 0.739 bits per heavy atom. The predicted octanol–water partition coefficient (Wildman–Crippen LogP) is 39.9. The first kappa shape index (κ1) is 147. The maximum Gasteiger partial charge on any atom is 0.407 e. The number of amides is 1. The van der Waals surface area contributed by atoms with Crippen molar-refractivity contribution in [3.63, 3.8) is 0 Å². The summed E-state index contributed by atoms with van der Waals surface area (Å²) >= 11 is 0. The van der Waals surface area contributed by atoms with Gasteiger partial charge in [0.05, 0.1) is 12.2 Å². The Balaban J connectivity index is -0.000000194. The number of esters is 1. The summed E-state index contributed by atoms with van der Waals surface area (Å²) in [4.78, 5) is 34.1. The van der Waals surface area contributed by atoms with E-state index in [2.05, 4.69) is 360 Å². The number of nitrogens with one attached hydrogen (secondary N) is 1. The van der Waals surface area contributed by atoms with Crippen molar-refractivity contribution < 1.29 is 33.2 Å². The summed E-state index contributed by atoms with van der Waals surface area (Å²) in [5.74, 6) is 2.22. The minimum atomic E-state index is -0.461. The lowest BCUT2D eigenvalue weighted by atomic mass is 9.79. The van der Waals surface area contributed by atoms with Crippen molar-refractivity contribution in [2.45, 2.75) is 468 Å². The van der Waals surface area contributed by atoms with Crippen molar-refractivity contribution >= 4 is 18.3 Å². The number of aromatic nitrogens is 1. The number of pyridine rings is 1. The molecule has 1 atom stereocenters. The van der Waals surface area contributed by atoms with Crippen molar-refractivity contribution in [1.29, 1.82) is 0 Å². The first-order chi connectivity index (χ1) is 59.6. The number of alkyl carbamates (subject to hydrolysis) is 1. The lowest BCUT2D eigenvalue weighted by molar-refractivity contribution is -0.671. The first-order valence-corrected chi connectivity index (χ1v) is 48.5. The molecule has 0 aliphatic carbocycles. The molecule has 8 heteroatoms. The molecule has 0 bridgehead atoms. The largest absolute Gasteiger partial charge is 0.494 e. The Morgan fingerprint density at radius 1 is 0.362 bits per heavy atom. The Kier molecular flexibility index (Phi) is 75.3. The van der Waals surface area contributed by atoms with E-state index in [0.717, 1.165) is 46.8 Å². The van der Waals surface area contributed by atoms with Gasteiger partial charge in [-0.05, 0) is 217 Å². The summed E-state index contributed by atoms with van der Waals surface area (Å²) in [7, 11) is 2.03. The van der Waals surface area contributed by atoms with E-state index in [0.29, 0.717) is 30.0 Å². The van der Waals surface area contributed by atoms with Crippen LogP contribution in [0.3, 0.4) is 0 Å². The number of nitrogens with zero attached hydrogens (tertiary/aromatic N) is 1. The van der Waals surface area contributed by atoms with Crippen LogP contribution in [0.5, 0.6) is 5.75 Å². The lowest BCUT2D eigenvalue weighted by Crippen LogP contribution is -2.32. The average molecular weight is 1910 g/mol. The fourth-order valence-electron chi connectivity index (χ4n) is 13.0. The van der Waals surface area contributed by atoms with Crippen molar-refractivity contribution in [2.24, 2.45) is 18.4 Å². The van der Waals surface area contributed by atoms with Crippen molar-refractivity contribution in [3.8, 4) is 5.75 Å². The van der Waals surface area contributed by atoms with Crippen molar-refractivity contribution in [2.75, 3.05) is 6.61 Å². The summed E-state index contributed by atoms with van der Waals surface area (Å²) in [6.07, 6.45) is 20.6. The fourth-order valence-corrected chi connectivity index (χ4v) is 13.0. The second-order valence-corrected chi connectivity index (χ2v) is 45.4. The Bertz CT molecular complexity index is 4530. The number of carbonyl (C=O) groups excluding carboxylic acids is 3. The molecule has 0 aliphatic heterocycles. The minimum Gasteiger partial charge on any atom is -0.494 e. The summed E-state index contributed by atoms with van der Waals surface area (Å²) in [6.45, 7) is 82.6. The Hall–Kier alpha value is -8.88. The molecule has 8 nitrogen and oxygen atoms in total. The zero-order chi connectivity index (χ0) is 98.4. The lowest BCUT2D eigenvalue weighted by Gasteiger charge is -2.25.